The summed E-state index contributed by atoms with van der Waals surface area (Å²) in [6.45, 7) is 2.10. The van der Waals surface area contributed by atoms with E-state index in [1.165, 1.54) is 0 Å². The van der Waals surface area contributed by atoms with Crippen LogP contribution in [0.2, 0.25) is 0 Å². The molecule has 0 radical (unpaired) electrons. The maximum Gasteiger partial charge on any atom is 0.239 e. The van der Waals surface area contributed by atoms with Crippen molar-refractivity contribution in [2.45, 2.75) is 12.8 Å². The van der Waals surface area contributed by atoms with Crippen LogP contribution < -0.4 is 16.4 Å². The van der Waals surface area contributed by atoms with Crippen LogP contribution in [0, 0.1) is 5.92 Å². The minimum absolute atomic E-state index is 0.000741. The molecule has 92 valence electrons. The van der Waals surface area contributed by atoms with E-state index >= 15 is 0 Å². The Labute approximate surface area is 94.9 Å². The average Bonchev–Trinajstić information content (AvgIpc) is 2.34. The van der Waals surface area contributed by atoms with Crippen LogP contribution in [-0.4, -0.2) is 44.7 Å². The third kappa shape index (κ3) is 5.09. The monoisotopic (exact) mass is 229 g/mol. The van der Waals surface area contributed by atoms with E-state index in [0.29, 0.717) is 12.5 Å². The SMILES string of the molecule is NCC(=O)NCC(=O)NCC1CCOCC1. The molecular weight excluding hydrogens is 210 g/mol. The molecule has 4 N–H and O–H groups in total. The molecule has 1 fully saturated rings. The molecule has 1 saturated heterocycles. The Kier molecular flexibility index (Phi) is 5.81. The standard InChI is InChI=1S/C10H19N3O3/c11-5-9(14)13-7-10(15)12-6-8-1-3-16-4-2-8/h8H,1-7,11H2,(H,12,15)(H,13,14). The van der Waals surface area contributed by atoms with Crippen LogP contribution >= 0.6 is 0 Å². The van der Waals surface area contributed by atoms with Crippen LogP contribution in [0.5, 0.6) is 0 Å². The minimum atomic E-state index is -0.318. The van der Waals surface area contributed by atoms with E-state index in [-0.39, 0.29) is 24.9 Å². The van der Waals surface area contributed by atoms with Crippen molar-refractivity contribution in [3.63, 3.8) is 0 Å². The molecule has 1 rings (SSSR count). The highest BCUT2D eigenvalue weighted by atomic mass is 16.5. The first-order valence-electron chi connectivity index (χ1n) is 5.53. The predicted molar refractivity (Wildman–Crippen MR) is 58.6 cm³/mol. The molecule has 0 aromatic carbocycles. The molecule has 2 amide bonds. The topological polar surface area (TPSA) is 93.5 Å². The zero-order valence-corrected chi connectivity index (χ0v) is 9.33. The zero-order valence-electron chi connectivity index (χ0n) is 9.33. The van der Waals surface area contributed by atoms with Gasteiger partial charge in [-0.25, -0.2) is 0 Å². The maximum absolute atomic E-state index is 11.3. The lowest BCUT2D eigenvalue weighted by Gasteiger charge is -2.22. The third-order valence-electron chi connectivity index (χ3n) is 2.56. The molecular formula is C10H19N3O3. The summed E-state index contributed by atoms with van der Waals surface area (Å²) in [6.07, 6.45) is 1.96. The fourth-order valence-electron chi connectivity index (χ4n) is 1.52. The van der Waals surface area contributed by atoms with E-state index in [1.807, 2.05) is 0 Å². The Morgan fingerprint density at radius 1 is 1.19 bits per heavy atom. The summed E-state index contributed by atoms with van der Waals surface area (Å²) >= 11 is 0. The summed E-state index contributed by atoms with van der Waals surface area (Å²) in [5.41, 5.74) is 5.09. The van der Waals surface area contributed by atoms with E-state index in [0.717, 1.165) is 26.1 Å². The second kappa shape index (κ2) is 7.19. The molecule has 6 heteroatoms. The molecule has 16 heavy (non-hydrogen) atoms. The number of rotatable bonds is 5. The lowest BCUT2D eigenvalue weighted by Crippen LogP contribution is -2.41. The van der Waals surface area contributed by atoms with Crippen LogP contribution in [-0.2, 0) is 14.3 Å². The van der Waals surface area contributed by atoms with Crippen molar-refractivity contribution in [2.75, 3.05) is 32.8 Å². The van der Waals surface area contributed by atoms with E-state index in [2.05, 4.69) is 10.6 Å². The van der Waals surface area contributed by atoms with Gasteiger partial charge in [0.2, 0.25) is 11.8 Å². The summed E-state index contributed by atoms with van der Waals surface area (Å²) in [7, 11) is 0. The molecule has 0 unspecified atom stereocenters. The molecule has 0 aromatic heterocycles. The second-order valence-electron chi connectivity index (χ2n) is 3.84. The van der Waals surface area contributed by atoms with Crippen molar-refractivity contribution in [1.82, 2.24) is 10.6 Å². The number of carbonyl (C=O) groups is 2. The summed E-state index contributed by atoms with van der Waals surface area (Å²) in [6, 6.07) is 0. The lowest BCUT2D eigenvalue weighted by molar-refractivity contribution is -0.125. The minimum Gasteiger partial charge on any atom is -0.381 e. The first kappa shape index (κ1) is 12.9. The van der Waals surface area contributed by atoms with Gasteiger partial charge in [-0.05, 0) is 18.8 Å². The van der Waals surface area contributed by atoms with Crippen molar-refractivity contribution >= 4 is 11.8 Å². The molecule has 0 aliphatic carbocycles. The van der Waals surface area contributed by atoms with Gasteiger partial charge < -0.3 is 21.1 Å². The van der Waals surface area contributed by atoms with Crippen LogP contribution in [0.1, 0.15) is 12.8 Å². The first-order chi connectivity index (χ1) is 7.72. The molecule has 0 saturated carbocycles. The first-order valence-corrected chi connectivity index (χ1v) is 5.53. The summed E-state index contributed by atoms with van der Waals surface area (Å²) in [4.78, 5) is 22.1. The Hall–Kier alpha value is -1.14. The van der Waals surface area contributed by atoms with Gasteiger partial charge in [0.25, 0.3) is 0 Å². The van der Waals surface area contributed by atoms with Crippen molar-refractivity contribution in [1.29, 1.82) is 0 Å². The Morgan fingerprint density at radius 3 is 2.50 bits per heavy atom. The van der Waals surface area contributed by atoms with E-state index in [9.17, 15) is 9.59 Å². The molecule has 6 nitrogen and oxygen atoms in total. The van der Waals surface area contributed by atoms with Crippen LogP contribution in [0.25, 0.3) is 0 Å². The number of amides is 2. The van der Waals surface area contributed by atoms with Gasteiger partial charge in [0.1, 0.15) is 0 Å². The summed E-state index contributed by atoms with van der Waals surface area (Å²) < 4.78 is 5.22. The fraction of sp³-hybridized carbons (Fsp3) is 0.800. The largest absolute Gasteiger partial charge is 0.381 e. The van der Waals surface area contributed by atoms with E-state index in [4.69, 9.17) is 10.5 Å². The normalized spacial score (nSPS) is 16.8. The lowest BCUT2D eigenvalue weighted by atomic mass is 10.0. The summed E-state index contributed by atoms with van der Waals surface area (Å²) in [5.74, 6) is -0.00239. The highest BCUT2D eigenvalue weighted by Crippen LogP contribution is 2.12. The molecule has 1 heterocycles. The van der Waals surface area contributed by atoms with Crippen LogP contribution in [0.3, 0.4) is 0 Å². The molecule has 0 bridgehead atoms. The van der Waals surface area contributed by atoms with Gasteiger partial charge in [0.05, 0.1) is 13.1 Å². The smallest absolute Gasteiger partial charge is 0.239 e. The fourth-order valence-corrected chi connectivity index (χ4v) is 1.52. The number of hydrogen-bond donors (Lipinski definition) is 3. The Balaban J connectivity index is 2.07. The Bertz CT molecular complexity index is 239. The molecule has 0 atom stereocenters. The third-order valence-corrected chi connectivity index (χ3v) is 2.56. The van der Waals surface area contributed by atoms with Crippen LogP contribution in [0.15, 0.2) is 0 Å². The number of carbonyl (C=O) groups excluding carboxylic acids is 2. The van der Waals surface area contributed by atoms with Gasteiger partial charge in [0, 0.05) is 19.8 Å². The summed E-state index contributed by atoms with van der Waals surface area (Å²) in [5, 5.41) is 5.20. The number of nitrogens with two attached hydrogens (primary N) is 1. The number of nitrogens with one attached hydrogen (secondary N) is 2. The Morgan fingerprint density at radius 2 is 1.88 bits per heavy atom. The quantitative estimate of drug-likeness (QED) is 0.541. The second-order valence-corrected chi connectivity index (χ2v) is 3.84. The highest BCUT2D eigenvalue weighted by molar-refractivity contribution is 5.85. The van der Waals surface area contributed by atoms with E-state index in [1.54, 1.807) is 0 Å². The predicted octanol–water partition coefficient (Wildman–Crippen LogP) is -1.40. The van der Waals surface area contributed by atoms with E-state index < -0.39 is 0 Å². The van der Waals surface area contributed by atoms with Crippen molar-refractivity contribution < 1.29 is 14.3 Å². The van der Waals surface area contributed by atoms with Crippen molar-refractivity contribution in [2.24, 2.45) is 11.7 Å². The van der Waals surface area contributed by atoms with Gasteiger partial charge in [-0.1, -0.05) is 0 Å². The number of ether oxygens (including phenoxy) is 1. The van der Waals surface area contributed by atoms with Crippen molar-refractivity contribution in [3.05, 3.63) is 0 Å². The van der Waals surface area contributed by atoms with Gasteiger partial charge >= 0.3 is 0 Å². The van der Waals surface area contributed by atoms with Gasteiger partial charge in [-0.2, -0.15) is 0 Å². The average molecular weight is 229 g/mol. The zero-order chi connectivity index (χ0) is 11.8. The molecule has 0 spiro atoms. The molecule has 0 aromatic rings. The maximum atomic E-state index is 11.3. The highest BCUT2D eigenvalue weighted by Gasteiger charge is 2.14. The number of hydrogen-bond acceptors (Lipinski definition) is 4. The molecule has 1 aliphatic rings. The molecule has 1 aliphatic heterocycles. The van der Waals surface area contributed by atoms with Gasteiger partial charge in [-0.3, -0.25) is 9.59 Å². The van der Waals surface area contributed by atoms with Gasteiger partial charge in [-0.15, -0.1) is 0 Å². The van der Waals surface area contributed by atoms with Crippen molar-refractivity contribution in [3.8, 4) is 0 Å². The van der Waals surface area contributed by atoms with Crippen LogP contribution in [0.4, 0.5) is 0 Å². The van der Waals surface area contributed by atoms with Gasteiger partial charge in [0.15, 0.2) is 0 Å².